The molecule has 15 heavy (non-hydrogen) atoms. The van der Waals surface area contributed by atoms with Crippen molar-refractivity contribution in [2.45, 2.75) is 34.1 Å². The van der Waals surface area contributed by atoms with Gasteiger partial charge in [0.1, 0.15) is 11.7 Å². The summed E-state index contributed by atoms with van der Waals surface area (Å²) in [7, 11) is 1.35. The van der Waals surface area contributed by atoms with Gasteiger partial charge >= 0.3 is 5.97 Å². The van der Waals surface area contributed by atoms with Gasteiger partial charge in [0.15, 0.2) is 0 Å². The summed E-state index contributed by atoms with van der Waals surface area (Å²) < 4.78 is 4.64. The normalized spacial score (nSPS) is 35.0. The quantitative estimate of drug-likeness (QED) is 0.493. The van der Waals surface area contributed by atoms with Crippen molar-refractivity contribution < 1.29 is 14.3 Å². The minimum Gasteiger partial charge on any atom is -0.468 e. The second kappa shape index (κ2) is 3.95. The van der Waals surface area contributed by atoms with E-state index in [1.807, 2.05) is 13.8 Å². The average Bonchev–Trinajstić information content (AvgIpc) is 2.62. The zero-order chi connectivity index (χ0) is 11.8. The second-order valence-corrected chi connectivity index (χ2v) is 4.62. The first-order chi connectivity index (χ1) is 7.00. The summed E-state index contributed by atoms with van der Waals surface area (Å²) in [5.41, 5.74) is 0.173. The fourth-order valence-electron chi connectivity index (χ4n) is 2.79. The SMILES string of the molecule is CC.COC(=O)C1C(=O)CC2C1C2(C)C. The molecule has 0 saturated heterocycles. The molecular weight excluding hydrogens is 192 g/mol. The number of methoxy groups -OCH3 is 1. The van der Waals surface area contributed by atoms with E-state index < -0.39 is 5.92 Å². The van der Waals surface area contributed by atoms with Crippen molar-refractivity contribution in [2.75, 3.05) is 7.11 Å². The van der Waals surface area contributed by atoms with Crippen molar-refractivity contribution in [3.63, 3.8) is 0 Å². The Hall–Kier alpha value is -0.860. The molecule has 0 aliphatic heterocycles. The van der Waals surface area contributed by atoms with Crippen LogP contribution in [0.15, 0.2) is 0 Å². The first kappa shape index (κ1) is 12.2. The van der Waals surface area contributed by atoms with Crippen LogP contribution in [-0.2, 0) is 14.3 Å². The first-order valence-corrected chi connectivity index (χ1v) is 5.60. The highest BCUT2D eigenvalue weighted by Gasteiger charge is 2.69. The van der Waals surface area contributed by atoms with Gasteiger partial charge in [0.05, 0.1) is 7.11 Å². The van der Waals surface area contributed by atoms with E-state index in [4.69, 9.17) is 0 Å². The molecule has 2 rings (SSSR count). The fraction of sp³-hybridized carbons (Fsp3) is 0.833. The van der Waals surface area contributed by atoms with Crippen LogP contribution in [0.4, 0.5) is 0 Å². The van der Waals surface area contributed by atoms with Gasteiger partial charge in [0.25, 0.3) is 0 Å². The third-order valence-electron chi connectivity index (χ3n) is 3.72. The standard InChI is InChI=1S/C10H14O3.C2H6/c1-10(2)5-4-6(11)7(8(5)10)9(12)13-3;1-2/h5,7-8H,4H2,1-3H3;1-2H3. The molecule has 0 aromatic heterocycles. The monoisotopic (exact) mass is 212 g/mol. The molecule has 3 nitrogen and oxygen atoms in total. The summed E-state index contributed by atoms with van der Waals surface area (Å²) in [6.45, 7) is 8.23. The number of ether oxygens (including phenoxy) is 1. The Morgan fingerprint density at radius 2 is 1.93 bits per heavy atom. The van der Waals surface area contributed by atoms with Crippen LogP contribution in [0.5, 0.6) is 0 Å². The van der Waals surface area contributed by atoms with Crippen LogP contribution < -0.4 is 0 Å². The van der Waals surface area contributed by atoms with Gasteiger partial charge < -0.3 is 4.74 Å². The van der Waals surface area contributed by atoms with Crippen LogP contribution in [0.2, 0.25) is 0 Å². The van der Waals surface area contributed by atoms with E-state index in [9.17, 15) is 9.59 Å². The lowest BCUT2D eigenvalue weighted by molar-refractivity contribution is -0.149. The van der Waals surface area contributed by atoms with Crippen LogP contribution in [0.3, 0.4) is 0 Å². The van der Waals surface area contributed by atoms with Gasteiger partial charge in [0.2, 0.25) is 0 Å². The highest BCUT2D eigenvalue weighted by molar-refractivity contribution is 6.02. The van der Waals surface area contributed by atoms with Crippen molar-refractivity contribution in [1.82, 2.24) is 0 Å². The molecule has 3 unspecified atom stereocenters. The molecular formula is C12H20O3. The number of carbonyl (C=O) groups is 2. The lowest BCUT2D eigenvalue weighted by Gasteiger charge is -2.13. The van der Waals surface area contributed by atoms with Crippen LogP contribution in [0, 0.1) is 23.2 Å². The van der Waals surface area contributed by atoms with Crippen molar-refractivity contribution in [2.24, 2.45) is 23.2 Å². The topological polar surface area (TPSA) is 43.4 Å². The van der Waals surface area contributed by atoms with Gasteiger partial charge in [-0.1, -0.05) is 27.7 Å². The van der Waals surface area contributed by atoms with E-state index in [0.717, 1.165) is 0 Å². The smallest absolute Gasteiger partial charge is 0.316 e. The number of rotatable bonds is 1. The van der Waals surface area contributed by atoms with Crippen molar-refractivity contribution in [1.29, 1.82) is 0 Å². The number of Topliss-reactive ketones (excluding diaryl/α,β-unsaturated/α-hetero) is 1. The van der Waals surface area contributed by atoms with Gasteiger partial charge in [-0.2, -0.15) is 0 Å². The Morgan fingerprint density at radius 1 is 1.40 bits per heavy atom. The number of ketones is 1. The maximum absolute atomic E-state index is 11.4. The van der Waals surface area contributed by atoms with Crippen molar-refractivity contribution in [3.8, 4) is 0 Å². The summed E-state index contributed by atoms with van der Waals surface area (Å²) in [5, 5.41) is 0. The Balaban J connectivity index is 0.000000531. The molecule has 0 aromatic carbocycles. The summed E-state index contributed by atoms with van der Waals surface area (Å²) in [6.07, 6.45) is 0.567. The average molecular weight is 212 g/mol. The molecule has 0 radical (unpaired) electrons. The summed E-state index contributed by atoms with van der Waals surface area (Å²) in [6, 6.07) is 0. The number of hydrogen-bond donors (Lipinski definition) is 0. The second-order valence-electron chi connectivity index (χ2n) is 4.62. The predicted octanol–water partition coefficient (Wildman–Crippen LogP) is 2.05. The van der Waals surface area contributed by atoms with Gasteiger partial charge in [-0.25, -0.2) is 0 Å². The number of hydrogen-bond acceptors (Lipinski definition) is 3. The van der Waals surface area contributed by atoms with E-state index >= 15 is 0 Å². The Kier molecular flexibility index (Phi) is 3.22. The highest BCUT2D eigenvalue weighted by atomic mass is 16.5. The molecule has 0 amide bonds. The van der Waals surface area contributed by atoms with E-state index in [1.54, 1.807) is 0 Å². The maximum Gasteiger partial charge on any atom is 0.316 e. The zero-order valence-corrected chi connectivity index (χ0v) is 10.2. The molecule has 0 spiro atoms. The molecule has 3 atom stereocenters. The molecule has 0 heterocycles. The molecule has 2 aliphatic carbocycles. The van der Waals surface area contributed by atoms with E-state index in [1.165, 1.54) is 7.11 Å². The summed E-state index contributed by atoms with van der Waals surface area (Å²) >= 11 is 0. The molecule has 3 heteroatoms. The third kappa shape index (κ3) is 1.68. The van der Waals surface area contributed by atoms with Gasteiger partial charge in [0, 0.05) is 6.42 Å². The van der Waals surface area contributed by atoms with Crippen molar-refractivity contribution >= 4 is 11.8 Å². The minimum atomic E-state index is -0.468. The Morgan fingerprint density at radius 3 is 2.33 bits per heavy atom. The Bertz CT molecular complexity index is 281. The van der Waals surface area contributed by atoms with E-state index in [2.05, 4.69) is 18.6 Å². The lowest BCUT2D eigenvalue weighted by atomic mass is 9.92. The molecule has 2 fully saturated rings. The molecule has 0 bridgehead atoms. The first-order valence-electron chi connectivity index (χ1n) is 5.60. The van der Waals surface area contributed by atoms with Gasteiger partial charge in [-0.05, 0) is 17.3 Å². The largest absolute Gasteiger partial charge is 0.468 e. The third-order valence-corrected chi connectivity index (χ3v) is 3.72. The van der Waals surface area contributed by atoms with E-state index in [0.29, 0.717) is 12.3 Å². The van der Waals surface area contributed by atoms with Crippen LogP contribution in [0.25, 0.3) is 0 Å². The number of esters is 1. The molecule has 2 aliphatic rings. The maximum atomic E-state index is 11.4. The van der Waals surface area contributed by atoms with Crippen LogP contribution in [0.1, 0.15) is 34.1 Å². The molecule has 86 valence electrons. The van der Waals surface area contributed by atoms with Crippen LogP contribution in [-0.4, -0.2) is 18.9 Å². The van der Waals surface area contributed by atoms with Gasteiger partial charge in [-0.3, -0.25) is 9.59 Å². The van der Waals surface area contributed by atoms with Crippen LogP contribution >= 0.6 is 0 Å². The number of fused-ring (bicyclic) bond motifs is 1. The van der Waals surface area contributed by atoms with Gasteiger partial charge in [-0.15, -0.1) is 0 Å². The summed E-state index contributed by atoms with van der Waals surface area (Å²) in [5.74, 6) is -0.0780. The van der Waals surface area contributed by atoms with E-state index in [-0.39, 0.29) is 23.1 Å². The fourth-order valence-corrected chi connectivity index (χ4v) is 2.79. The number of carbonyl (C=O) groups excluding carboxylic acids is 2. The molecule has 2 saturated carbocycles. The summed E-state index contributed by atoms with van der Waals surface area (Å²) in [4.78, 5) is 22.7. The van der Waals surface area contributed by atoms with Crippen molar-refractivity contribution in [3.05, 3.63) is 0 Å². The molecule has 0 N–H and O–H groups in total. The Labute approximate surface area is 91.2 Å². The lowest BCUT2D eigenvalue weighted by Crippen LogP contribution is -2.26. The predicted molar refractivity (Wildman–Crippen MR) is 57.2 cm³/mol. The minimum absolute atomic E-state index is 0.0705. The highest BCUT2D eigenvalue weighted by Crippen LogP contribution is 2.67. The zero-order valence-electron chi connectivity index (χ0n) is 10.2. The molecule has 0 aromatic rings.